The number of phenols is 1. The number of rotatable bonds is 4. The van der Waals surface area contributed by atoms with Crippen LogP contribution in [0.3, 0.4) is 0 Å². The molecule has 3 N–H and O–H groups in total. The maximum atomic E-state index is 9.47. The summed E-state index contributed by atoms with van der Waals surface area (Å²) in [7, 11) is 0. The first-order chi connectivity index (χ1) is 6.25. The first-order valence-corrected chi connectivity index (χ1v) is 4.40. The molecule has 14 heavy (non-hydrogen) atoms. The lowest BCUT2D eigenvalue weighted by Gasteiger charge is -2.11. The van der Waals surface area contributed by atoms with E-state index in [1.807, 2.05) is 18.2 Å². The largest absolute Gasteiger partial charge is 0.508 e. The highest BCUT2D eigenvalue weighted by Crippen LogP contribution is 2.24. The second kappa shape index (κ2) is 6.46. The molecule has 0 bridgehead atoms. The van der Waals surface area contributed by atoms with Crippen molar-refractivity contribution in [1.29, 1.82) is 0 Å². The summed E-state index contributed by atoms with van der Waals surface area (Å²) in [4.78, 5) is 0. The van der Waals surface area contributed by atoms with Crippen LogP contribution in [0.2, 0.25) is 0 Å². The van der Waals surface area contributed by atoms with Crippen molar-refractivity contribution in [2.75, 3.05) is 0 Å². The molecule has 0 spiro atoms. The minimum Gasteiger partial charge on any atom is -0.508 e. The van der Waals surface area contributed by atoms with Crippen LogP contribution < -0.4 is 5.73 Å². The van der Waals surface area contributed by atoms with Crippen LogP contribution in [0.5, 0.6) is 5.75 Å². The molecule has 0 fully saturated rings. The summed E-state index contributed by atoms with van der Waals surface area (Å²) in [6.07, 6.45) is 3.52. The van der Waals surface area contributed by atoms with Gasteiger partial charge in [-0.05, 0) is 18.9 Å². The summed E-state index contributed by atoms with van der Waals surface area (Å²) >= 11 is 0. The van der Waals surface area contributed by atoms with Gasteiger partial charge in [0, 0.05) is 11.6 Å². The summed E-state index contributed by atoms with van der Waals surface area (Å²) in [5, 5.41) is 9.47. The number of nitrogens with two attached hydrogens (primary N) is 1. The molecular formula is C11H16ClNO. The molecule has 78 valence electrons. The van der Waals surface area contributed by atoms with Crippen LogP contribution in [0.1, 0.15) is 24.4 Å². The molecule has 0 aliphatic carbocycles. The fourth-order valence-corrected chi connectivity index (χ4v) is 1.25. The Kier molecular flexibility index (Phi) is 6.00. The zero-order valence-corrected chi connectivity index (χ0v) is 8.83. The summed E-state index contributed by atoms with van der Waals surface area (Å²) in [5.74, 6) is 0.277. The number of benzene rings is 1. The van der Waals surface area contributed by atoms with E-state index in [0.29, 0.717) is 0 Å². The van der Waals surface area contributed by atoms with E-state index in [1.165, 1.54) is 0 Å². The summed E-state index contributed by atoms with van der Waals surface area (Å²) in [5.41, 5.74) is 6.68. The molecule has 1 atom stereocenters. The van der Waals surface area contributed by atoms with Gasteiger partial charge in [-0.25, -0.2) is 0 Å². The second-order valence-corrected chi connectivity index (χ2v) is 3.03. The van der Waals surface area contributed by atoms with Gasteiger partial charge < -0.3 is 10.8 Å². The Morgan fingerprint density at radius 3 is 2.64 bits per heavy atom. The number of hydrogen-bond acceptors (Lipinski definition) is 2. The molecule has 1 aromatic rings. The second-order valence-electron chi connectivity index (χ2n) is 3.03. The predicted molar refractivity (Wildman–Crippen MR) is 61.7 cm³/mol. The van der Waals surface area contributed by atoms with Crippen molar-refractivity contribution in [3.8, 4) is 5.75 Å². The monoisotopic (exact) mass is 213 g/mol. The maximum absolute atomic E-state index is 9.47. The minimum absolute atomic E-state index is 0. The Bertz CT molecular complexity index is 288. The molecule has 2 nitrogen and oxygen atoms in total. The van der Waals surface area contributed by atoms with E-state index in [0.717, 1.165) is 18.4 Å². The lowest BCUT2D eigenvalue weighted by atomic mass is 10.0. The molecule has 0 aliphatic rings. The smallest absolute Gasteiger partial charge is 0.120 e. The fourth-order valence-electron chi connectivity index (χ4n) is 1.25. The van der Waals surface area contributed by atoms with E-state index in [-0.39, 0.29) is 24.2 Å². The van der Waals surface area contributed by atoms with Crippen molar-refractivity contribution in [1.82, 2.24) is 0 Å². The van der Waals surface area contributed by atoms with E-state index in [4.69, 9.17) is 5.73 Å². The number of halogens is 1. The number of para-hydroxylation sites is 1. The quantitative estimate of drug-likeness (QED) is 0.756. The highest BCUT2D eigenvalue weighted by atomic mass is 35.5. The van der Waals surface area contributed by atoms with Crippen LogP contribution in [0.15, 0.2) is 36.9 Å². The van der Waals surface area contributed by atoms with E-state index < -0.39 is 0 Å². The van der Waals surface area contributed by atoms with Crippen LogP contribution >= 0.6 is 12.4 Å². The summed E-state index contributed by atoms with van der Waals surface area (Å²) in [6.45, 7) is 3.63. The minimum atomic E-state index is -0.0980. The lowest BCUT2D eigenvalue weighted by molar-refractivity contribution is 0.459. The third-order valence-electron chi connectivity index (χ3n) is 2.02. The molecule has 1 rings (SSSR count). The number of allylic oxidation sites excluding steroid dienone is 1. The van der Waals surface area contributed by atoms with Crippen molar-refractivity contribution in [2.24, 2.45) is 5.73 Å². The molecule has 0 amide bonds. The average molecular weight is 214 g/mol. The van der Waals surface area contributed by atoms with Gasteiger partial charge in [-0.3, -0.25) is 0 Å². The van der Waals surface area contributed by atoms with E-state index in [1.54, 1.807) is 12.1 Å². The maximum Gasteiger partial charge on any atom is 0.120 e. The Labute approximate surface area is 90.9 Å². The van der Waals surface area contributed by atoms with Gasteiger partial charge in [-0.2, -0.15) is 0 Å². The van der Waals surface area contributed by atoms with Crippen LogP contribution in [0, 0.1) is 0 Å². The zero-order chi connectivity index (χ0) is 9.68. The van der Waals surface area contributed by atoms with Gasteiger partial charge in [0.25, 0.3) is 0 Å². The number of hydrogen-bond donors (Lipinski definition) is 2. The Hall–Kier alpha value is -0.990. The van der Waals surface area contributed by atoms with Gasteiger partial charge in [-0.15, -0.1) is 19.0 Å². The van der Waals surface area contributed by atoms with Gasteiger partial charge >= 0.3 is 0 Å². The van der Waals surface area contributed by atoms with E-state index in [9.17, 15) is 5.11 Å². The molecule has 0 radical (unpaired) electrons. The van der Waals surface area contributed by atoms with Crippen molar-refractivity contribution < 1.29 is 5.11 Å². The van der Waals surface area contributed by atoms with Crippen molar-refractivity contribution in [3.05, 3.63) is 42.5 Å². The predicted octanol–water partition coefficient (Wildman–Crippen LogP) is 2.78. The van der Waals surface area contributed by atoms with E-state index in [2.05, 4.69) is 6.58 Å². The molecule has 0 saturated heterocycles. The molecule has 3 heteroatoms. The van der Waals surface area contributed by atoms with Crippen LogP contribution in [0.4, 0.5) is 0 Å². The molecule has 0 aliphatic heterocycles. The van der Waals surface area contributed by atoms with Crippen molar-refractivity contribution >= 4 is 12.4 Å². The summed E-state index contributed by atoms with van der Waals surface area (Å²) in [6, 6.07) is 7.08. The Balaban J connectivity index is 0.00000169. The van der Waals surface area contributed by atoms with Crippen molar-refractivity contribution in [2.45, 2.75) is 18.9 Å². The highest BCUT2D eigenvalue weighted by molar-refractivity contribution is 5.85. The van der Waals surface area contributed by atoms with Gasteiger partial charge in [0.1, 0.15) is 5.75 Å². The third-order valence-corrected chi connectivity index (χ3v) is 2.02. The first-order valence-electron chi connectivity index (χ1n) is 4.40. The number of phenolic OH excluding ortho intramolecular Hbond substituents is 1. The zero-order valence-electron chi connectivity index (χ0n) is 8.02. The Morgan fingerprint density at radius 1 is 1.43 bits per heavy atom. The lowest BCUT2D eigenvalue weighted by Crippen LogP contribution is -2.09. The third kappa shape index (κ3) is 3.40. The number of aromatic hydroxyl groups is 1. The fraction of sp³-hybridized carbons (Fsp3) is 0.273. The standard InChI is InChI=1S/C11H15NO.ClH/c1-2-3-7-10(12)9-6-4-5-8-11(9)13;/h2,4-6,8,10,13H,1,3,7,12H2;1H/t10-;/m1./s1. The normalized spacial score (nSPS) is 11.5. The van der Waals surface area contributed by atoms with Crippen LogP contribution in [0.25, 0.3) is 0 Å². The Morgan fingerprint density at radius 2 is 2.07 bits per heavy atom. The SMILES string of the molecule is C=CCC[C@@H](N)c1ccccc1O.Cl. The molecular weight excluding hydrogens is 198 g/mol. The highest BCUT2D eigenvalue weighted by Gasteiger charge is 2.08. The van der Waals surface area contributed by atoms with E-state index >= 15 is 0 Å². The van der Waals surface area contributed by atoms with Gasteiger partial charge in [0.2, 0.25) is 0 Å². The topological polar surface area (TPSA) is 46.2 Å². The average Bonchev–Trinajstić information content (AvgIpc) is 2.15. The first kappa shape index (κ1) is 13.0. The van der Waals surface area contributed by atoms with Gasteiger partial charge in [-0.1, -0.05) is 24.3 Å². The van der Waals surface area contributed by atoms with Gasteiger partial charge in [0.15, 0.2) is 0 Å². The van der Waals surface area contributed by atoms with Crippen LogP contribution in [-0.4, -0.2) is 5.11 Å². The molecule has 0 heterocycles. The van der Waals surface area contributed by atoms with Crippen molar-refractivity contribution in [3.63, 3.8) is 0 Å². The molecule has 0 aromatic heterocycles. The molecule has 0 unspecified atom stereocenters. The van der Waals surface area contributed by atoms with Crippen LogP contribution in [-0.2, 0) is 0 Å². The van der Waals surface area contributed by atoms with Gasteiger partial charge in [0.05, 0.1) is 0 Å². The molecule has 1 aromatic carbocycles. The molecule has 0 saturated carbocycles. The summed E-state index contributed by atoms with van der Waals surface area (Å²) < 4.78 is 0.